The first-order valence-electron chi connectivity index (χ1n) is 6.53. The SMILES string of the molecule is O=C(O)c1cc(S(=O)(=O)N(CCO)C2CCC2)ccc1Cl. The number of nitrogens with zero attached hydrogens (tertiary/aromatic N) is 1. The van der Waals surface area contributed by atoms with Crippen molar-refractivity contribution in [3.05, 3.63) is 28.8 Å². The zero-order valence-electron chi connectivity index (χ0n) is 11.2. The first kappa shape index (κ1) is 16.2. The standard InChI is InChI=1S/C13H16ClNO5S/c14-12-5-4-10(8-11(12)13(17)18)21(19,20)15(6-7-16)9-2-1-3-9/h4-5,8-9,16H,1-3,6-7H2,(H,17,18). The number of aliphatic hydroxyl groups excluding tert-OH is 1. The summed E-state index contributed by atoms with van der Waals surface area (Å²) in [7, 11) is -3.84. The normalized spacial score (nSPS) is 16.0. The highest BCUT2D eigenvalue weighted by molar-refractivity contribution is 7.89. The molecule has 2 N–H and O–H groups in total. The molecule has 0 aliphatic heterocycles. The molecule has 0 bridgehead atoms. The van der Waals surface area contributed by atoms with Crippen molar-refractivity contribution < 1.29 is 23.4 Å². The van der Waals surface area contributed by atoms with Gasteiger partial charge in [-0.3, -0.25) is 0 Å². The number of hydrogen-bond acceptors (Lipinski definition) is 4. The fourth-order valence-electron chi connectivity index (χ4n) is 2.24. The Balaban J connectivity index is 2.41. The monoisotopic (exact) mass is 333 g/mol. The van der Waals surface area contributed by atoms with E-state index in [2.05, 4.69) is 0 Å². The Hall–Kier alpha value is -1.15. The van der Waals surface area contributed by atoms with Gasteiger partial charge in [-0.25, -0.2) is 13.2 Å². The molecule has 0 unspecified atom stereocenters. The molecule has 0 heterocycles. The maximum Gasteiger partial charge on any atom is 0.337 e. The van der Waals surface area contributed by atoms with Gasteiger partial charge in [0.15, 0.2) is 0 Å². The number of carboxylic acid groups (broad SMARTS) is 1. The minimum Gasteiger partial charge on any atom is -0.478 e. The lowest BCUT2D eigenvalue weighted by atomic mass is 9.93. The minimum absolute atomic E-state index is 0.00195. The van der Waals surface area contributed by atoms with Gasteiger partial charge in [0.25, 0.3) is 0 Å². The molecule has 1 fully saturated rings. The van der Waals surface area contributed by atoms with Gasteiger partial charge in [-0.1, -0.05) is 18.0 Å². The van der Waals surface area contributed by atoms with E-state index in [0.29, 0.717) is 0 Å². The highest BCUT2D eigenvalue weighted by Gasteiger charge is 2.34. The number of aliphatic hydroxyl groups is 1. The summed E-state index contributed by atoms with van der Waals surface area (Å²) in [5.74, 6) is -1.28. The smallest absolute Gasteiger partial charge is 0.337 e. The summed E-state index contributed by atoms with van der Waals surface area (Å²) in [4.78, 5) is 10.9. The molecule has 1 aromatic rings. The first-order valence-corrected chi connectivity index (χ1v) is 8.35. The zero-order valence-corrected chi connectivity index (χ0v) is 12.8. The minimum atomic E-state index is -3.84. The van der Waals surface area contributed by atoms with Crippen molar-refractivity contribution in [3.8, 4) is 0 Å². The first-order chi connectivity index (χ1) is 9.87. The largest absolute Gasteiger partial charge is 0.478 e. The summed E-state index contributed by atoms with van der Waals surface area (Å²) < 4.78 is 26.5. The Kier molecular flexibility index (Phi) is 4.88. The average molecular weight is 334 g/mol. The molecule has 6 nitrogen and oxygen atoms in total. The molecule has 0 saturated heterocycles. The molecular weight excluding hydrogens is 318 g/mol. The maximum atomic E-state index is 12.6. The van der Waals surface area contributed by atoms with E-state index < -0.39 is 16.0 Å². The van der Waals surface area contributed by atoms with Crippen molar-refractivity contribution in [3.63, 3.8) is 0 Å². The lowest BCUT2D eigenvalue weighted by molar-refractivity contribution is 0.0697. The molecular formula is C13H16ClNO5S. The van der Waals surface area contributed by atoms with E-state index in [1.54, 1.807) is 0 Å². The quantitative estimate of drug-likeness (QED) is 0.824. The average Bonchev–Trinajstić information content (AvgIpc) is 2.36. The maximum absolute atomic E-state index is 12.6. The Labute approximate surface area is 128 Å². The summed E-state index contributed by atoms with van der Waals surface area (Å²) >= 11 is 5.75. The number of aromatic carboxylic acids is 1. The van der Waals surface area contributed by atoms with E-state index in [-0.39, 0.29) is 34.7 Å². The highest BCUT2D eigenvalue weighted by atomic mass is 35.5. The van der Waals surface area contributed by atoms with Crippen LogP contribution in [0.2, 0.25) is 5.02 Å². The molecule has 2 rings (SSSR count). The van der Waals surface area contributed by atoms with E-state index in [0.717, 1.165) is 25.3 Å². The fraction of sp³-hybridized carbons (Fsp3) is 0.462. The lowest BCUT2D eigenvalue weighted by Crippen LogP contribution is -2.45. The molecule has 8 heteroatoms. The summed E-state index contributed by atoms with van der Waals surface area (Å²) in [6, 6.07) is 3.47. The van der Waals surface area contributed by atoms with Gasteiger partial charge < -0.3 is 10.2 Å². The number of sulfonamides is 1. The van der Waals surface area contributed by atoms with Crippen LogP contribution in [-0.4, -0.2) is 48.1 Å². The van der Waals surface area contributed by atoms with Crippen molar-refractivity contribution in [2.75, 3.05) is 13.2 Å². The molecule has 1 aliphatic rings. The Morgan fingerprint density at radius 3 is 2.52 bits per heavy atom. The van der Waals surface area contributed by atoms with Crippen LogP contribution in [-0.2, 0) is 10.0 Å². The van der Waals surface area contributed by atoms with E-state index in [1.807, 2.05) is 0 Å². The van der Waals surface area contributed by atoms with Crippen molar-refractivity contribution in [1.82, 2.24) is 4.31 Å². The molecule has 21 heavy (non-hydrogen) atoms. The lowest BCUT2D eigenvalue weighted by Gasteiger charge is -2.36. The molecule has 1 aliphatic carbocycles. The van der Waals surface area contributed by atoms with Crippen molar-refractivity contribution in [2.45, 2.75) is 30.2 Å². The van der Waals surface area contributed by atoms with E-state index in [9.17, 15) is 13.2 Å². The van der Waals surface area contributed by atoms with Gasteiger partial charge in [-0.15, -0.1) is 0 Å². The molecule has 1 saturated carbocycles. The predicted molar refractivity (Wildman–Crippen MR) is 77.0 cm³/mol. The number of halogens is 1. The van der Waals surface area contributed by atoms with E-state index >= 15 is 0 Å². The van der Waals surface area contributed by atoms with Crippen LogP contribution < -0.4 is 0 Å². The van der Waals surface area contributed by atoms with Gasteiger partial charge in [0.2, 0.25) is 10.0 Å². The molecule has 0 atom stereocenters. The second-order valence-corrected chi connectivity index (χ2v) is 7.17. The van der Waals surface area contributed by atoms with E-state index in [1.165, 1.54) is 16.4 Å². The summed E-state index contributed by atoms with van der Waals surface area (Å²) in [6.07, 6.45) is 2.44. The van der Waals surface area contributed by atoms with Crippen LogP contribution in [0.4, 0.5) is 0 Å². The topological polar surface area (TPSA) is 94.9 Å². The second kappa shape index (κ2) is 6.31. The van der Waals surface area contributed by atoms with Crippen LogP contribution in [0.15, 0.2) is 23.1 Å². The molecule has 0 amide bonds. The third-order valence-corrected chi connectivity index (χ3v) is 5.85. The molecule has 0 radical (unpaired) electrons. The summed E-state index contributed by atoms with van der Waals surface area (Å²) in [6.45, 7) is -0.285. The van der Waals surface area contributed by atoms with E-state index in [4.69, 9.17) is 21.8 Å². The zero-order chi connectivity index (χ0) is 15.6. The van der Waals surface area contributed by atoms with Gasteiger partial charge in [0, 0.05) is 12.6 Å². The van der Waals surface area contributed by atoms with Gasteiger partial charge in [0.05, 0.1) is 22.1 Å². The molecule has 0 spiro atoms. The fourth-order valence-corrected chi connectivity index (χ4v) is 4.14. The second-order valence-electron chi connectivity index (χ2n) is 4.87. The van der Waals surface area contributed by atoms with Gasteiger partial charge in [0.1, 0.15) is 0 Å². The number of rotatable bonds is 6. The molecule has 116 valence electrons. The summed E-state index contributed by atoms with van der Waals surface area (Å²) in [5, 5.41) is 18.1. The third-order valence-electron chi connectivity index (χ3n) is 3.58. The number of carbonyl (C=O) groups is 1. The number of benzene rings is 1. The highest BCUT2D eigenvalue weighted by Crippen LogP contribution is 2.31. The van der Waals surface area contributed by atoms with Crippen molar-refractivity contribution in [2.24, 2.45) is 0 Å². The van der Waals surface area contributed by atoms with Crippen molar-refractivity contribution >= 4 is 27.6 Å². The summed E-state index contributed by atoms with van der Waals surface area (Å²) in [5.41, 5.74) is -0.254. The number of carboxylic acids is 1. The van der Waals surface area contributed by atoms with Gasteiger partial charge in [-0.05, 0) is 31.0 Å². The van der Waals surface area contributed by atoms with Gasteiger partial charge in [-0.2, -0.15) is 4.31 Å². The van der Waals surface area contributed by atoms with Crippen LogP contribution >= 0.6 is 11.6 Å². The van der Waals surface area contributed by atoms with Gasteiger partial charge >= 0.3 is 5.97 Å². The van der Waals surface area contributed by atoms with Crippen LogP contribution in [0.25, 0.3) is 0 Å². The Morgan fingerprint density at radius 2 is 2.05 bits per heavy atom. The van der Waals surface area contributed by atoms with Crippen LogP contribution in [0.1, 0.15) is 29.6 Å². The van der Waals surface area contributed by atoms with Crippen LogP contribution in [0.3, 0.4) is 0 Å². The predicted octanol–water partition coefficient (Wildman–Crippen LogP) is 1.57. The number of hydrogen-bond donors (Lipinski definition) is 2. The Bertz CT molecular complexity index is 642. The molecule has 0 aromatic heterocycles. The molecule has 1 aromatic carbocycles. The van der Waals surface area contributed by atoms with Crippen LogP contribution in [0, 0.1) is 0 Å². The Morgan fingerprint density at radius 1 is 1.38 bits per heavy atom. The third kappa shape index (κ3) is 3.21. The van der Waals surface area contributed by atoms with Crippen LogP contribution in [0.5, 0.6) is 0 Å². The van der Waals surface area contributed by atoms with Crippen molar-refractivity contribution in [1.29, 1.82) is 0 Å².